The maximum Gasteiger partial charge on any atom is 0.335 e. The molecule has 1 aliphatic heterocycles. The summed E-state index contributed by atoms with van der Waals surface area (Å²) in [5, 5.41) is 12.4. The van der Waals surface area contributed by atoms with Crippen LogP contribution >= 0.6 is 0 Å². The molecule has 26 heavy (non-hydrogen) atoms. The number of carboxylic acids is 1. The van der Waals surface area contributed by atoms with Crippen molar-refractivity contribution in [2.45, 2.75) is 13.5 Å². The first-order valence-corrected chi connectivity index (χ1v) is 8.69. The van der Waals surface area contributed by atoms with E-state index in [1.54, 1.807) is 25.1 Å². The normalized spacial score (nSPS) is 14.2. The first-order valence-electron chi connectivity index (χ1n) is 8.69. The summed E-state index contributed by atoms with van der Waals surface area (Å²) in [6.07, 6.45) is 0. The van der Waals surface area contributed by atoms with E-state index in [0.29, 0.717) is 12.1 Å². The van der Waals surface area contributed by atoms with Gasteiger partial charge in [-0.25, -0.2) is 4.79 Å². The van der Waals surface area contributed by atoms with Crippen LogP contribution in [0.1, 0.15) is 22.8 Å². The Morgan fingerprint density at radius 2 is 1.77 bits per heavy atom. The lowest BCUT2D eigenvalue weighted by Gasteiger charge is -2.35. The van der Waals surface area contributed by atoms with Crippen molar-refractivity contribution < 1.29 is 14.7 Å². The van der Waals surface area contributed by atoms with Crippen molar-refractivity contribution in [3.8, 4) is 0 Å². The Morgan fingerprint density at radius 3 is 2.46 bits per heavy atom. The summed E-state index contributed by atoms with van der Waals surface area (Å²) in [4.78, 5) is 26.6. The maximum absolute atomic E-state index is 11.4. The standard InChI is InChI=1S/C20H23N3O3/c1-15(24)22-8-10-23(11-9-22)19-7-3-6-18(13-19)21-14-16-4-2-5-17(12-16)20(25)26/h2-7,12-13,21H,8-11,14H2,1H3,(H,25,26). The molecule has 1 aliphatic rings. The van der Waals surface area contributed by atoms with Crippen molar-refractivity contribution in [1.29, 1.82) is 0 Å². The summed E-state index contributed by atoms with van der Waals surface area (Å²) in [5.41, 5.74) is 3.32. The van der Waals surface area contributed by atoms with Crippen LogP contribution in [0.3, 0.4) is 0 Å². The summed E-state index contributed by atoms with van der Waals surface area (Å²) < 4.78 is 0. The maximum atomic E-state index is 11.4. The zero-order chi connectivity index (χ0) is 18.5. The molecule has 0 atom stereocenters. The number of nitrogens with zero attached hydrogens (tertiary/aromatic N) is 2. The second-order valence-electron chi connectivity index (χ2n) is 6.40. The molecule has 2 aromatic rings. The lowest BCUT2D eigenvalue weighted by atomic mass is 10.1. The lowest BCUT2D eigenvalue weighted by Crippen LogP contribution is -2.48. The number of piperazine rings is 1. The third-order valence-electron chi connectivity index (χ3n) is 4.61. The van der Waals surface area contributed by atoms with Crippen molar-refractivity contribution in [2.75, 3.05) is 36.4 Å². The molecule has 1 heterocycles. The van der Waals surface area contributed by atoms with Crippen molar-refractivity contribution in [3.05, 3.63) is 59.7 Å². The Morgan fingerprint density at radius 1 is 1.04 bits per heavy atom. The van der Waals surface area contributed by atoms with Gasteiger partial charge in [-0.3, -0.25) is 4.79 Å². The molecule has 2 aromatic carbocycles. The number of hydrogen-bond donors (Lipinski definition) is 2. The van der Waals surface area contributed by atoms with E-state index >= 15 is 0 Å². The Bertz CT molecular complexity index is 798. The van der Waals surface area contributed by atoms with Gasteiger partial charge in [0.25, 0.3) is 0 Å². The molecule has 1 amide bonds. The molecular formula is C20H23N3O3. The molecule has 1 fully saturated rings. The summed E-state index contributed by atoms with van der Waals surface area (Å²) >= 11 is 0. The van der Waals surface area contributed by atoms with Crippen LogP contribution in [0.2, 0.25) is 0 Å². The molecular weight excluding hydrogens is 330 g/mol. The highest BCUT2D eigenvalue weighted by atomic mass is 16.4. The highest BCUT2D eigenvalue weighted by Gasteiger charge is 2.18. The van der Waals surface area contributed by atoms with Crippen LogP contribution in [0.5, 0.6) is 0 Å². The molecule has 6 heteroatoms. The molecule has 0 saturated carbocycles. The fourth-order valence-corrected chi connectivity index (χ4v) is 3.11. The molecule has 3 rings (SSSR count). The van der Waals surface area contributed by atoms with Crippen molar-refractivity contribution >= 4 is 23.3 Å². The largest absolute Gasteiger partial charge is 0.478 e. The number of carbonyl (C=O) groups excluding carboxylic acids is 1. The predicted molar refractivity (Wildman–Crippen MR) is 102 cm³/mol. The molecule has 0 aliphatic carbocycles. The van der Waals surface area contributed by atoms with Gasteiger partial charge in [-0.2, -0.15) is 0 Å². The zero-order valence-electron chi connectivity index (χ0n) is 14.8. The van der Waals surface area contributed by atoms with Crippen LogP contribution in [-0.2, 0) is 11.3 Å². The SMILES string of the molecule is CC(=O)N1CCN(c2cccc(NCc3cccc(C(=O)O)c3)c2)CC1. The third-order valence-corrected chi connectivity index (χ3v) is 4.61. The van der Waals surface area contributed by atoms with Crippen molar-refractivity contribution in [3.63, 3.8) is 0 Å². The van der Waals surface area contributed by atoms with E-state index in [-0.39, 0.29) is 5.91 Å². The molecule has 0 bridgehead atoms. The van der Waals surface area contributed by atoms with Crippen LogP contribution in [0.4, 0.5) is 11.4 Å². The number of carboxylic acid groups (broad SMARTS) is 1. The summed E-state index contributed by atoms with van der Waals surface area (Å²) in [6, 6.07) is 15.1. The molecule has 0 aromatic heterocycles. The van der Waals surface area contributed by atoms with Gasteiger partial charge in [0, 0.05) is 51.0 Å². The second kappa shape index (κ2) is 7.91. The number of hydrogen-bond acceptors (Lipinski definition) is 4. The Labute approximate surface area is 153 Å². The van der Waals surface area contributed by atoms with Crippen LogP contribution in [0.25, 0.3) is 0 Å². The molecule has 136 valence electrons. The quantitative estimate of drug-likeness (QED) is 0.865. The molecule has 1 saturated heterocycles. The fourth-order valence-electron chi connectivity index (χ4n) is 3.11. The van der Waals surface area contributed by atoms with Gasteiger partial charge in [0.05, 0.1) is 5.56 Å². The van der Waals surface area contributed by atoms with E-state index in [4.69, 9.17) is 5.11 Å². The topological polar surface area (TPSA) is 72.9 Å². The number of rotatable bonds is 5. The Hall–Kier alpha value is -3.02. The predicted octanol–water partition coefficient (Wildman–Crippen LogP) is 2.67. The average Bonchev–Trinajstić information content (AvgIpc) is 2.67. The van der Waals surface area contributed by atoms with Gasteiger partial charge in [-0.1, -0.05) is 18.2 Å². The minimum atomic E-state index is -0.918. The minimum absolute atomic E-state index is 0.128. The van der Waals surface area contributed by atoms with E-state index < -0.39 is 5.97 Å². The molecule has 0 spiro atoms. The van der Waals surface area contributed by atoms with Gasteiger partial charge in [0.2, 0.25) is 5.91 Å². The highest BCUT2D eigenvalue weighted by Crippen LogP contribution is 2.21. The van der Waals surface area contributed by atoms with Crippen molar-refractivity contribution in [1.82, 2.24) is 4.90 Å². The van der Waals surface area contributed by atoms with Gasteiger partial charge >= 0.3 is 5.97 Å². The fraction of sp³-hybridized carbons (Fsp3) is 0.300. The lowest BCUT2D eigenvalue weighted by molar-refractivity contribution is -0.129. The number of aromatic carboxylic acids is 1. The van der Waals surface area contributed by atoms with Gasteiger partial charge in [0.15, 0.2) is 0 Å². The molecule has 0 unspecified atom stereocenters. The second-order valence-corrected chi connectivity index (χ2v) is 6.40. The number of anilines is 2. The number of nitrogens with one attached hydrogen (secondary N) is 1. The van der Waals surface area contributed by atoms with Gasteiger partial charge in [0.1, 0.15) is 0 Å². The van der Waals surface area contributed by atoms with E-state index in [9.17, 15) is 9.59 Å². The summed E-state index contributed by atoms with van der Waals surface area (Å²) in [6.45, 7) is 5.31. The third kappa shape index (κ3) is 4.33. The smallest absolute Gasteiger partial charge is 0.335 e. The first-order chi connectivity index (χ1) is 12.5. The zero-order valence-corrected chi connectivity index (χ0v) is 14.8. The van der Waals surface area contributed by atoms with Gasteiger partial charge in [-0.15, -0.1) is 0 Å². The first kappa shape index (κ1) is 17.8. The summed E-state index contributed by atoms with van der Waals surface area (Å²) in [7, 11) is 0. The molecule has 6 nitrogen and oxygen atoms in total. The number of carbonyl (C=O) groups is 2. The highest BCUT2D eigenvalue weighted by molar-refractivity contribution is 5.87. The molecule has 0 radical (unpaired) electrons. The Kier molecular flexibility index (Phi) is 5.41. The minimum Gasteiger partial charge on any atom is -0.478 e. The molecule has 2 N–H and O–H groups in total. The number of benzene rings is 2. The number of amides is 1. The average molecular weight is 353 g/mol. The van der Waals surface area contributed by atoms with E-state index in [1.165, 1.54) is 0 Å². The summed E-state index contributed by atoms with van der Waals surface area (Å²) in [5.74, 6) is -0.790. The van der Waals surface area contributed by atoms with E-state index in [1.807, 2.05) is 23.1 Å². The van der Waals surface area contributed by atoms with Crippen LogP contribution < -0.4 is 10.2 Å². The Balaban J connectivity index is 1.62. The van der Waals surface area contributed by atoms with Gasteiger partial charge in [-0.05, 0) is 35.9 Å². The van der Waals surface area contributed by atoms with Gasteiger partial charge < -0.3 is 20.2 Å². The van der Waals surface area contributed by atoms with E-state index in [2.05, 4.69) is 22.3 Å². The van der Waals surface area contributed by atoms with Crippen LogP contribution in [0.15, 0.2) is 48.5 Å². The van der Waals surface area contributed by atoms with Crippen LogP contribution in [-0.4, -0.2) is 48.1 Å². The monoisotopic (exact) mass is 353 g/mol. The van der Waals surface area contributed by atoms with Crippen LogP contribution in [0, 0.1) is 0 Å². The van der Waals surface area contributed by atoms with E-state index in [0.717, 1.165) is 43.1 Å². The van der Waals surface area contributed by atoms with Crippen molar-refractivity contribution in [2.24, 2.45) is 0 Å².